The number of ether oxygens (including phenoxy) is 2. The molecule has 0 spiro atoms. The number of hydrogen-bond acceptors (Lipinski definition) is 7. The maximum absolute atomic E-state index is 13.0. The quantitative estimate of drug-likeness (QED) is 0.395. The molecule has 1 saturated heterocycles. The van der Waals surface area contributed by atoms with Gasteiger partial charge < -0.3 is 24.4 Å². The minimum atomic E-state index is -0.752. The fourth-order valence-corrected chi connectivity index (χ4v) is 3.56. The maximum atomic E-state index is 13.0. The fraction of sp³-hybridized carbons (Fsp3) is 0.348. The topological polar surface area (TPSA) is 92.2 Å². The second-order valence-electron chi connectivity index (χ2n) is 7.37. The van der Waals surface area contributed by atoms with Crippen LogP contribution in [0.2, 0.25) is 0 Å². The molecule has 31 heavy (non-hydrogen) atoms. The first-order valence-corrected chi connectivity index (χ1v) is 10.0. The standard InChI is InChI=1S/C23H27N3O5/c1-5-31-17-7-6-16(14-18(17)30-4)20-19(21(27)15-8-10-24-11-9-15)22(28)23(29)26(20)13-12-25(2)3/h6-11,14,20,27H,5,12-13H2,1-4H3/b21-19+. The highest BCUT2D eigenvalue weighted by molar-refractivity contribution is 6.46. The number of likely N-dealkylation sites (N-methyl/N-ethyl adjacent to an activating group) is 1. The van der Waals surface area contributed by atoms with Gasteiger partial charge in [-0.15, -0.1) is 0 Å². The van der Waals surface area contributed by atoms with E-state index in [2.05, 4.69) is 4.98 Å². The number of hydrogen-bond donors (Lipinski definition) is 1. The van der Waals surface area contributed by atoms with Gasteiger partial charge in [0.05, 0.1) is 25.3 Å². The van der Waals surface area contributed by atoms with Crippen molar-refractivity contribution in [2.45, 2.75) is 13.0 Å². The number of amides is 1. The number of aromatic nitrogens is 1. The van der Waals surface area contributed by atoms with Crippen LogP contribution in [0.25, 0.3) is 5.76 Å². The number of Topliss-reactive ketones (excluding diaryl/α,β-unsaturated/α-hetero) is 1. The molecule has 1 aliphatic rings. The minimum absolute atomic E-state index is 0.0427. The van der Waals surface area contributed by atoms with Crippen LogP contribution in [0.3, 0.4) is 0 Å². The number of carbonyl (C=O) groups is 2. The molecule has 0 saturated carbocycles. The van der Waals surface area contributed by atoms with Crippen LogP contribution in [0, 0.1) is 0 Å². The van der Waals surface area contributed by atoms with E-state index in [1.165, 1.54) is 24.4 Å². The lowest BCUT2D eigenvalue weighted by Crippen LogP contribution is -2.35. The Bertz CT molecular complexity index is 988. The highest BCUT2D eigenvalue weighted by atomic mass is 16.5. The highest BCUT2D eigenvalue weighted by Gasteiger charge is 2.46. The van der Waals surface area contributed by atoms with Gasteiger partial charge in [-0.1, -0.05) is 6.07 Å². The first kappa shape index (κ1) is 22.3. The van der Waals surface area contributed by atoms with E-state index in [-0.39, 0.29) is 11.3 Å². The van der Waals surface area contributed by atoms with Gasteiger partial charge >= 0.3 is 0 Å². The van der Waals surface area contributed by atoms with Crippen LogP contribution in [0.4, 0.5) is 0 Å². The molecule has 8 nitrogen and oxygen atoms in total. The van der Waals surface area contributed by atoms with Gasteiger partial charge in [0.15, 0.2) is 11.5 Å². The van der Waals surface area contributed by atoms with Crippen molar-refractivity contribution in [3.8, 4) is 11.5 Å². The van der Waals surface area contributed by atoms with Gasteiger partial charge in [0, 0.05) is 31.0 Å². The molecule has 1 atom stereocenters. The number of likely N-dealkylation sites (tertiary alicyclic amines) is 1. The van der Waals surface area contributed by atoms with Crippen molar-refractivity contribution in [3.05, 3.63) is 59.4 Å². The molecular formula is C23H27N3O5. The molecule has 2 aromatic rings. The molecule has 3 rings (SSSR count). The van der Waals surface area contributed by atoms with Crippen LogP contribution in [0.5, 0.6) is 11.5 Å². The van der Waals surface area contributed by atoms with E-state index in [4.69, 9.17) is 9.47 Å². The Labute approximate surface area is 181 Å². The van der Waals surface area contributed by atoms with E-state index >= 15 is 0 Å². The molecule has 8 heteroatoms. The van der Waals surface area contributed by atoms with E-state index in [1.807, 2.05) is 25.9 Å². The Morgan fingerprint density at radius 2 is 1.87 bits per heavy atom. The third-order valence-corrected chi connectivity index (χ3v) is 5.09. The molecule has 164 valence electrons. The van der Waals surface area contributed by atoms with Crippen LogP contribution in [0.15, 0.2) is 48.3 Å². The van der Waals surface area contributed by atoms with E-state index in [0.717, 1.165) is 0 Å². The summed E-state index contributed by atoms with van der Waals surface area (Å²) in [4.78, 5) is 33.3. The van der Waals surface area contributed by atoms with Gasteiger partial charge in [-0.2, -0.15) is 0 Å². The van der Waals surface area contributed by atoms with E-state index < -0.39 is 17.7 Å². The van der Waals surface area contributed by atoms with Crippen molar-refractivity contribution in [1.82, 2.24) is 14.8 Å². The number of benzene rings is 1. The summed E-state index contributed by atoms with van der Waals surface area (Å²) in [6.45, 7) is 3.23. The Balaban J connectivity index is 2.16. The Kier molecular flexibility index (Phi) is 6.91. The molecule has 1 aromatic carbocycles. The summed E-state index contributed by atoms with van der Waals surface area (Å²) >= 11 is 0. The first-order valence-electron chi connectivity index (χ1n) is 10.0. The highest BCUT2D eigenvalue weighted by Crippen LogP contribution is 2.41. The third-order valence-electron chi connectivity index (χ3n) is 5.09. The number of methoxy groups -OCH3 is 1. The summed E-state index contributed by atoms with van der Waals surface area (Å²) < 4.78 is 11.0. The second-order valence-corrected chi connectivity index (χ2v) is 7.37. The zero-order valence-electron chi connectivity index (χ0n) is 18.2. The monoisotopic (exact) mass is 425 g/mol. The largest absolute Gasteiger partial charge is 0.507 e. The van der Waals surface area contributed by atoms with Crippen LogP contribution >= 0.6 is 0 Å². The Morgan fingerprint density at radius 1 is 1.16 bits per heavy atom. The molecule has 1 N–H and O–H groups in total. The first-order chi connectivity index (χ1) is 14.9. The summed E-state index contributed by atoms with van der Waals surface area (Å²) in [5, 5.41) is 11.0. The number of pyridine rings is 1. The molecule has 2 heterocycles. The lowest BCUT2D eigenvalue weighted by molar-refractivity contribution is -0.140. The predicted molar refractivity (Wildman–Crippen MR) is 116 cm³/mol. The van der Waals surface area contributed by atoms with Crippen LogP contribution < -0.4 is 9.47 Å². The maximum Gasteiger partial charge on any atom is 0.295 e. The zero-order chi connectivity index (χ0) is 22.5. The minimum Gasteiger partial charge on any atom is -0.507 e. The summed E-state index contributed by atoms with van der Waals surface area (Å²) in [7, 11) is 5.31. The average molecular weight is 425 g/mol. The normalized spacial score (nSPS) is 18.0. The van der Waals surface area contributed by atoms with Crippen molar-refractivity contribution >= 4 is 17.4 Å². The molecular weight excluding hydrogens is 398 g/mol. The van der Waals surface area contributed by atoms with Crippen LogP contribution in [0.1, 0.15) is 24.1 Å². The van der Waals surface area contributed by atoms with Gasteiger partial charge in [0.2, 0.25) is 0 Å². The average Bonchev–Trinajstić information content (AvgIpc) is 3.03. The number of ketones is 1. The number of aliphatic hydroxyl groups is 1. The number of carbonyl (C=O) groups excluding carboxylic acids is 2. The SMILES string of the molecule is CCOc1ccc(C2/C(=C(\O)c3ccncc3)C(=O)C(=O)N2CCN(C)C)cc1OC. The predicted octanol–water partition coefficient (Wildman–Crippen LogP) is 2.47. The molecule has 1 aromatic heterocycles. The summed E-state index contributed by atoms with van der Waals surface area (Å²) in [6.07, 6.45) is 3.04. The lowest BCUT2D eigenvalue weighted by Gasteiger charge is -2.27. The molecule has 1 amide bonds. The lowest BCUT2D eigenvalue weighted by atomic mass is 9.95. The summed E-state index contributed by atoms with van der Waals surface area (Å²) in [5.74, 6) is -0.540. The van der Waals surface area contributed by atoms with Crippen molar-refractivity contribution in [3.63, 3.8) is 0 Å². The van der Waals surface area contributed by atoms with Crippen molar-refractivity contribution < 1.29 is 24.2 Å². The van der Waals surface area contributed by atoms with Gasteiger partial charge in [-0.3, -0.25) is 14.6 Å². The Morgan fingerprint density at radius 3 is 2.48 bits per heavy atom. The molecule has 1 unspecified atom stereocenters. The van der Waals surface area contributed by atoms with E-state index in [9.17, 15) is 14.7 Å². The third kappa shape index (κ3) is 4.54. The number of aliphatic hydroxyl groups excluding tert-OH is 1. The zero-order valence-corrected chi connectivity index (χ0v) is 18.2. The molecule has 1 aliphatic heterocycles. The molecule has 0 radical (unpaired) electrons. The van der Waals surface area contributed by atoms with E-state index in [1.54, 1.807) is 30.3 Å². The molecule has 1 fully saturated rings. The van der Waals surface area contributed by atoms with Gasteiger partial charge in [0.1, 0.15) is 5.76 Å². The van der Waals surface area contributed by atoms with Gasteiger partial charge in [0.25, 0.3) is 11.7 Å². The van der Waals surface area contributed by atoms with Gasteiger partial charge in [-0.25, -0.2) is 0 Å². The Hall–Kier alpha value is -3.39. The summed E-state index contributed by atoms with van der Waals surface area (Å²) in [5.41, 5.74) is 1.11. The van der Waals surface area contributed by atoms with Crippen molar-refractivity contribution in [2.24, 2.45) is 0 Å². The molecule has 0 bridgehead atoms. The number of nitrogens with zero attached hydrogens (tertiary/aromatic N) is 3. The van der Waals surface area contributed by atoms with Crippen molar-refractivity contribution in [2.75, 3.05) is 40.9 Å². The fourth-order valence-electron chi connectivity index (χ4n) is 3.56. The van der Waals surface area contributed by atoms with Crippen LogP contribution in [-0.2, 0) is 9.59 Å². The second kappa shape index (κ2) is 9.61. The smallest absolute Gasteiger partial charge is 0.295 e. The molecule has 0 aliphatic carbocycles. The van der Waals surface area contributed by atoms with Gasteiger partial charge in [-0.05, 0) is 50.8 Å². The van der Waals surface area contributed by atoms with Crippen LogP contribution in [-0.4, -0.2) is 72.5 Å². The van der Waals surface area contributed by atoms with E-state index in [0.29, 0.717) is 42.3 Å². The summed E-state index contributed by atoms with van der Waals surface area (Å²) in [6, 6.07) is 7.71. The van der Waals surface area contributed by atoms with Crippen molar-refractivity contribution in [1.29, 1.82) is 0 Å². The number of rotatable bonds is 8.